The molecule has 1 N–H and O–H groups in total. The van der Waals surface area contributed by atoms with Crippen LogP contribution >= 0.6 is 0 Å². The summed E-state index contributed by atoms with van der Waals surface area (Å²) in [5.41, 5.74) is 0. The first-order valence-corrected chi connectivity index (χ1v) is 18.5. The zero-order valence-corrected chi connectivity index (χ0v) is 28.4. The van der Waals surface area contributed by atoms with Crippen molar-refractivity contribution >= 4 is 11.9 Å². The predicted molar refractivity (Wildman–Crippen MR) is 178 cm³/mol. The molecule has 0 bridgehead atoms. The minimum Gasteiger partial charge on any atom is -0.462 e. The number of carbonyl (C=O) groups is 2. The lowest BCUT2D eigenvalue weighted by Gasteiger charge is -2.15. The van der Waals surface area contributed by atoms with Crippen molar-refractivity contribution in [2.45, 2.75) is 207 Å². The molecule has 0 amide bonds. The molecular weight excluding hydrogens is 524 g/mol. The van der Waals surface area contributed by atoms with E-state index in [0.717, 1.165) is 44.4 Å². The Balaban J connectivity index is 3.51. The van der Waals surface area contributed by atoms with Crippen molar-refractivity contribution in [2.75, 3.05) is 13.2 Å². The van der Waals surface area contributed by atoms with Gasteiger partial charge in [-0.15, -0.1) is 0 Å². The molecule has 0 spiro atoms. The standard InChI is InChI=1S/C37H72O5/c1-4-5-6-7-8-9-10-11-12-13-14-15-18-22-25-28-31-37(40)42-35(32-38)33-41-36(39)30-27-24-21-19-16-17-20-23-26-29-34(2)3/h34-35,38H,4-33H2,1-3H3/t35-/m0/s1. The lowest BCUT2D eigenvalue weighted by Crippen LogP contribution is -2.28. The van der Waals surface area contributed by atoms with Crippen LogP contribution in [-0.2, 0) is 19.1 Å². The Hall–Kier alpha value is -1.10. The number of ether oxygens (including phenoxy) is 2. The molecule has 0 saturated carbocycles. The minimum atomic E-state index is -0.761. The lowest BCUT2D eigenvalue weighted by molar-refractivity contribution is -0.161. The van der Waals surface area contributed by atoms with Gasteiger partial charge >= 0.3 is 11.9 Å². The molecule has 0 rings (SSSR count). The van der Waals surface area contributed by atoms with Gasteiger partial charge in [-0.1, -0.05) is 175 Å². The molecular formula is C37H72O5. The molecule has 42 heavy (non-hydrogen) atoms. The zero-order valence-electron chi connectivity index (χ0n) is 28.4. The first-order chi connectivity index (χ1) is 20.5. The number of aliphatic hydroxyl groups is 1. The second-order valence-corrected chi connectivity index (χ2v) is 13.1. The van der Waals surface area contributed by atoms with Gasteiger partial charge < -0.3 is 14.6 Å². The Kier molecular flexibility index (Phi) is 31.9. The van der Waals surface area contributed by atoms with Gasteiger partial charge in [-0.05, 0) is 18.8 Å². The van der Waals surface area contributed by atoms with Crippen LogP contribution in [0.2, 0.25) is 0 Å². The van der Waals surface area contributed by atoms with E-state index < -0.39 is 6.10 Å². The van der Waals surface area contributed by atoms with E-state index in [1.54, 1.807) is 0 Å². The number of carbonyl (C=O) groups excluding carboxylic acids is 2. The van der Waals surface area contributed by atoms with Gasteiger partial charge in [-0.25, -0.2) is 0 Å². The molecule has 5 nitrogen and oxygen atoms in total. The molecule has 0 aromatic heterocycles. The van der Waals surface area contributed by atoms with Crippen molar-refractivity contribution in [1.82, 2.24) is 0 Å². The summed E-state index contributed by atoms with van der Waals surface area (Å²) in [6.07, 6.45) is 33.0. The Labute approximate surface area is 261 Å². The molecule has 0 aromatic carbocycles. The molecule has 1 atom stereocenters. The molecule has 0 aliphatic heterocycles. The predicted octanol–water partition coefficient (Wildman–Crippen LogP) is 11.0. The summed E-state index contributed by atoms with van der Waals surface area (Å²) in [7, 11) is 0. The Morgan fingerprint density at radius 3 is 1.26 bits per heavy atom. The number of hydrogen-bond donors (Lipinski definition) is 1. The quantitative estimate of drug-likeness (QED) is 0.0602. The smallest absolute Gasteiger partial charge is 0.306 e. The van der Waals surface area contributed by atoms with Crippen LogP contribution in [0, 0.1) is 5.92 Å². The fourth-order valence-electron chi connectivity index (χ4n) is 5.50. The third-order valence-electron chi connectivity index (χ3n) is 8.33. The van der Waals surface area contributed by atoms with E-state index >= 15 is 0 Å². The molecule has 0 aromatic rings. The van der Waals surface area contributed by atoms with Gasteiger partial charge in [0.2, 0.25) is 0 Å². The summed E-state index contributed by atoms with van der Waals surface area (Å²) < 4.78 is 10.6. The van der Waals surface area contributed by atoms with Crippen LogP contribution in [0.1, 0.15) is 201 Å². The highest BCUT2D eigenvalue weighted by Gasteiger charge is 2.16. The van der Waals surface area contributed by atoms with E-state index in [1.807, 2.05) is 0 Å². The van der Waals surface area contributed by atoms with E-state index in [4.69, 9.17) is 9.47 Å². The van der Waals surface area contributed by atoms with Crippen molar-refractivity contribution in [3.8, 4) is 0 Å². The van der Waals surface area contributed by atoms with E-state index in [-0.39, 0.29) is 25.2 Å². The average molecular weight is 597 g/mol. The molecule has 0 heterocycles. The third kappa shape index (κ3) is 31.8. The fraction of sp³-hybridized carbons (Fsp3) is 0.946. The van der Waals surface area contributed by atoms with Crippen LogP contribution in [0.3, 0.4) is 0 Å². The van der Waals surface area contributed by atoms with Gasteiger partial charge in [-0.2, -0.15) is 0 Å². The average Bonchev–Trinajstić information content (AvgIpc) is 2.97. The van der Waals surface area contributed by atoms with E-state index in [9.17, 15) is 14.7 Å². The highest BCUT2D eigenvalue weighted by Crippen LogP contribution is 2.15. The fourth-order valence-corrected chi connectivity index (χ4v) is 5.50. The summed E-state index contributed by atoms with van der Waals surface area (Å²) in [6, 6.07) is 0. The largest absolute Gasteiger partial charge is 0.462 e. The molecule has 0 aliphatic rings. The lowest BCUT2D eigenvalue weighted by atomic mass is 10.0. The maximum Gasteiger partial charge on any atom is 0.306 e. The van der Waals surface area contributed by atoms with Gasteiger partial charge in [0.15, 0.2) is 6.10 Å². The maximum absolute atomic E-state index is 12.1. The third-order valence-corrected chi connectivity index (χ3v) is 8.33. The summed E-state index contributed by atoms with van der Waals surface area (Å²) in [5, 5.41) is 9.52. The molecule has 0 unspecified atom stereocenters. The van der Waals surface area contributed by atoms with Crippen LogP contribution in [0.25, 0.3) is 0 Å². The van der Waals surface area contributed by atoms with Crippen molar-refractivity contribution < 1.29 is 24.2 Å². The van der Waals surface area contributed by atoms with E-state index in [0.29, 0.717) is 12.8 Å². The second-order valence-electron chi connectivity index (χ2n) is 13.1. The monoisotopic (exact) mass is 597 g/mol. The summed E-state index contributed by atoms with van der Waals surface area (Å²) in [6.45, 7) is 6.47. The summed E-state index contributed by atoms with van der Waals surface area (Å²) in [5.74, 6) is 0.238. The highest BCUT2D eigenvalue weighted by atomic mass is 16.6. The SMILES string of the molecule is CCCCCCCCCCCCCCCCCCC(=O)O[C@@H](CO)COC(=O)CCCCCCCCCCCC(C)C. The van der Waals surface area contributed by atoms with E-state index in [2.05, 4.69) is 20.8 Å². The normalized spacial score (nSPS) is 12.1. The molecule has 0 aliphatic carbocycles. The Morgan fingerprint density at radius 2 is 0.881 bits per heavy atom. The van der Waals surface area contributed by atoms with Crippen LogP contribution < -0.4 is 0 Å². The Morgan fingerprint density at radius 1 is 0.524 bits per heavy atom. The van der Waals surface area contributed by atoms with Crippen molar-refractivity contribution in [3.05, 3.63) is 0 Å². The first-order valence-electron chi connectivity index (χ1n) is 18.5. The van der Waals surface area contributed by atoms with Crippen LogP contribution in [-0.4, -0.2) is 36.4 Å². The minimum absolute atomic E-state index is 0.0587. The molecule has 0 fully saturated rings. The van der Waals surface area contributed by atoms with Crippen molar-refractivity contribution in [1.29, 1.82) is 0 Å². The molecule has 5 heteroatoms. The van der Waals surface area contributed by atoms with Gasteiger partial charge in [0.1, 0.15) is 6.61 Å². The molecule has 250 valence electrons. The number of aliphatic hydroxyl groups excluding tert-OH is 1. The number of unbranched alkanes of at least 4 members (excludes halogenated alkanes) is 23. The second kappa shape index (κ2) is 32.8. The molecule has 0 saturated heterocycles. The van der Waals surface area contributed by atoms with Crippen LogP contribution in [0.5, 0.6) is 0 Å². The topological polar surface area (TPSA) is 72.8 Å². The Bertz CT molecular complexity index is 577. The maximum atomic E-state index is 12.1. The number of rotatable bonds is 33. The molecule has 0 radical (unpaired) electrons. The first kappa shape index (κ1) is 40.9. The van der Waals surface area contributed by atoms with Gasteiger partial charge in [-0.3, -0.25) is 9.59 Å². The van der Waals surface area contributed by atoms with Gasteiger partial charge in [0, 0.05) is 12.8 Å². The number of hydrogen-bond acceptors (Lipinski definition) is 5. The van der Waals surface area contributed by atoms with E-state index in [1.165, 1.54) is 128 Å². The van der Waals surface area contributed by atoms with Crippen molar-refractivity contribution in [3.63, 3.8) is 0 Å². The van der Waals surface area contributed by atoms with Gasteiger partial charge in [0.05, 0.1) is 6.61 Å². The van der Waals surface area contributed by atoms with Crippen LogP contribution in [0.15, 0.2) is 0 Å². The number of esters is 2. The summed E-state index contributed by atoms with van der Waals surface area (Å²) >= 11 is 0. The van der Waals surface area contributed by atoms with Crippen LogP contribution in [0.4, 0.5) is 0 Å². The zero-order chi connectivity index (χ0) is 30.9. The summed E-state index contributed by atoms with van der Waals surface area (Å²) in [4.78, 5) is 24.2. The highest BCUT2D eigenvalue weighted by molar-refractivity contribution is 5.70. The van der Waals surface area contributed by atoms with Gasteiger partial charge in [0.25, 0.3) is 0 Å². The van der Waals surface area contributed by atoms with Crippen molar-refractivity contribution in [2.24, 2.45) is 5.92 Å².